The van der Waals surface area contributed by atoms with Crippen LogP contribution < -0.4 is 0 Å². The van der Waals surface area contributed by atoms with Crippen LogP contribution in [0.1, 0.15) is 12.8 Å². The fourth-order valence-electron chi connectivity index (χ4n) is 1.46. The van der Waals surface area contributed by atoms with E-state index in [1.165, 1.54) is 0 Å². The number of rotatable bonds is 3. The largest absolute Gasteiger partial charge is 0.481 e. The summed E-state index contributed by atoms with van der Waals surface area (Å²) >= 11 is 0. The van der Waals surface area contributed by atoms with Gasteiger partial charge in [0, 0.05) is 6.54 Å². The second kappa shape index (κ2) is 3.72. The fourth-order valence-corrected chi connectivity index (χ4v) is 1.46. The summed E-state index contributed by atoms with van der Waals surface area (Å²) < 4.78 is 0. The van der Waals surface area contributed by atoms with E-state index in [1.54, 1.807) is 0 Å². The van der Waals surface area contributed by atoms with Gasteiger partial charge in [0.1, 0.15) is 0 Å². The Labute approximate surface area is 67.0 Å². The molecule has 0 spiro atoms. The quantitative estimate of drug-likeness (QED) is 0.651. The standard InChI is InChI=1S/C8H14NO2/c1-2-4-9-5-3-7(6-9)8(10)11/h7H,1-6H2,(H,10,11). The summed E-state index contributed by atoms with van der Waals surface area (Å²) in [5.41, 5.74) is 0. The molecular weight excluding hydrogens is 142 g/mol. The average molecular weight is 156 g/mol. The Hall–Kier alpha value is -0.570. The lowest BCUT2D eigenvalue weighted by Crippen LogP contribution is -2.23. The highest BCUT2D eigenvalue weighted by Gasteiger charge is 2.26. The van der Waals surface area contributed by atoms with Crippen LogP contribution in [0.5, 0.6) is 0 Å². The molecule has 1 radical (unpaired) electrons. The lowest BCUT2D eigenvalue weighted by atomic mass is 10.1. The molecule has 1 saturated heterocycles. The molecule has 0 bridgehead atoms. The molecular formula is C8H14NO2. The zero-order valence-corrected chi connectivity index (χ0v) is 6.62. The van der Waals surface area contributed by atoms with Crippen molar-refractivity contribution >= 4 is 5.97 Å². The van der Waals surface area contributed by atoms with Crippen molar-refractivity contribution in [1.29, 1.82) is 0 Å². The van der Waals surface area contributed by atoms with Gasteiger partial charge in [-0.2, -0.15) is 0 Å². The highest BCUT2D eigenvalue weighted by molar-refractivity contribution is 5.70. The van der Waals surface area contributed by atoms with E-state index in [4.69, 9.17) is 5.11 Å². The van der Waals surface area contributed by atoms with Crippen molar-refractivity contribution < 1.29 is 9.90 Å². The summed E-state index contributed by atoms with van der Waals surface area (Å²) in [7, 11) is 0. The molecule has 0 aromatic carbocycles. The van der Waals surface area contributed by atoms with Crippen LogP contribution in [-0.4, -0.2) is 35.6 Å². The van der Waals surface area contributed by atoms with Gasteiger partial charge in [-0.05, 0) is 25.9 Å². The number of nitrogens with zero attached hydrogens (tertiary/aromatic N) is 1. The molecule has 0 aliphatic carbocycles. The Morgan fingerprint density at radius 3 is 2.91 bits per heavy atom. The minimum absolute atomic E-state index is 0.137. The van der Waals surface area contributed by atoms with E-state index >= 15 is 0 Å². The van der Waals surface area contributed by atoms with Gasteiger partial charge in [-0.15, -0.1) is 0 Å². The predicted molar refractivity (Wildman–Crippen MR) is 42.2 cm³/mol. The van der Waals surface area contributed by atoms with E-state index in [9.17, 15) is 4.79 Å². The molecule has 3 heteroatoms. The van der Waals surface area contributed by atoms with E-state index in [0.717, 1.165) is 25.9 Å². The topological polar surface area (TPSA) is 40.5 Å². The number of hydrogen-bond acceptors (Lipinski definition) is 2. The molecule has 1 fully saturated rings. The van der Waals surface area contributed by atoms with Crippen molar-refractivity contribution in [2.24, 2.45) is 5.92 Å². The average Bonchev–Trinajstić information content (AvgIpc) is 2.37. The summed E-state index contributed by atoms with van der Waals surface area (Å²) in [4.78, 5) is 12.7. The predicted octanol–water partition coefficient (Wildman–Crippen LogP) is 0.617. The van der Waals surface area contributed by atoms with Crippen LogP contribution in [-0.2, 0) is 4.79 Å². The van der Waals surface area contributed by atoms with Crippen LogP contribution in [0, 0.1) is 12.8 Å². The molecule has 63 valence electrons. The van der Waals surface area contributed by atoms with Crippen molar-refractivity contribution in [1.82, 2.24) is 4.90 Å². The molecule has 0 saturated carbocycles. The van der Waals surface area contributed by atoms with Crippen molar-refractivity contribution in [2.45, 2.75) is 12.8 Å². The SMILES string of the molecule is [CH2]CCN1CCC(C(=O)O)C1. The van der Waals surface area contributed by atoms with Crippen molar-refractivity contribution in [2.75, 3.05) is 19.6 Å². The molecule has 1 unspecified atom stereocenters. The van der Waals surface area contributed by atoms with E-state index in [0.29, 0.717) is 6.54 Å². The van der Waals surface area contributed by atoms with Gasteiger partial charge in [-0.3, -0.25) is 4.79 Å². The molecule has 11 heavy (non-hydrogen) atoms. The molecule has 1 aliphatic rings. The number of aliphatic carboxylic acids is 1. The van der Waals surface area contributed by atoms with Crippen molar-refractivity contribution in [3.63, 3.8) is 0 Å². The molecule has 1 N–H and O–H groups in total. The lowest BCUT2D eigenvalue weighted by molar-refractivity contribution is -0.141. The smallest absolute Gasteiger partial charge is 0.307 e. The van der Waals surface area contributed by atoms with Crippen LogP contribution in [0.25, 0.3) is 0 Å². The maximum absolute atomic E-state index is 10.5. The first-order valence-corrected chi connectivity index (χ1v) is 3.98. The molecule has 0 aromatic rings. The summed E-state index contributed by atoms with van der Waals surface area (Å²) in [5.74, 6) is -0.793. The van der Waals surface area contributed by atoms with Gasteiger partial charge in [-0.25, -0.2) is 0 Å². The summed E-state index contributed by atoms with van der Waals surface area (Å²) in [6.45, 7) is 6.30. The molecule has 1 heterocycles. The minimum atomic E-state index is -0.656. The van der Waals surface area contributed by atoms with Gasteiger partial charge in [0.05, 0.1) is 5.92 Å². The number of likely N-dealkylation sites (tertiary alicyclic amines) is 1. The third-order valence-electron chi connectivity index (χ3n) is 2.10. The molecule has 1 atom stereocenters. The van der Waals surface area contributed by atoms with Gasteiger partial charge in [0.2, 0.25) is 0 Å². The molecule has 0 aromatic heterocycles. The van der Waals surface area contributed by atoms with Crippen LogP contribution in [0.4, 0.5) is 0 Å². The number of carbonyl (C=O) groups is 1. The molecule has 0 amide bonds. The van der Waals surface area contributed by atoms with Gasteiger partial charge in [-0.1, -0.05) is 6.92 Å². The number of hydrogen-bond donors (Lipinski definition) is 1. The second-order valence-corrected chi connectivity index (χ2v) is 2.98. The van der Waals surface area contributed by atoms with Gasteiger partial charge >= 0.3 is 5.97 Å². The minimum Gasteiger partial charge on any atom is -0.481 e. The summed E-state index contributed by atoms with van der Waals surface area (Å²) in [6.07, 6.45) is 1.67. The Morgan fingerprint density at radius 1 is 1.73 bits per heavy atom. The Bertz CT molecular complexity index is 147. The first-order valence-electron chi connectivity index (χ1n) is 3.98. The third kappa shape index (κ3) is 2.19. The molecule has 1 rings (SSSR count). The number of carboxylic acid groups (broad SMARTS) is 1. The van der Waals surface area contributed by atoms with Gasteiger partial charge in [0.15, 0.2) is 0 Å². The lowest BCUT2D eigenvalue weighted by Gasteiger charge is -2.12. The third-order valence-corrected chi connectivity index (χ3v) is 2.10. The summed E-state index contributed by atoms with van der Waals surface area (Å²) in [6, 6.07) is 0. The monoisotopic (exact) mass is 156 g/mol. The Kier molecular flexibility index (Phi) is 2.88. The van der Waals surface area contributed by atoms with Crippen LogP contribution in [0.2, 0.25) is 0 Å². The van der Waals surface area contributed by atoms with Gasteiger partial charge < -0.3 is 10.0 Å². The van der Waals surface area contributed by atoms with Crippen molar-refractivity contribution in [3.8, 4) is 0 Å². The van der Waals surface area contributed by atoms with Crippen LogP contribution in [0.15, 0.2) is 0 Å². The second-order valence-electron chi connectivity index (χ2n) is 2.98. The van der Waals surface area contributed by atoms with Crippen molar-refractivity contribution in [3.05, 3.63) is 6.92 Å². The van der Waals surface area contributed by atoms with E-state index in [-0.39, 0.29) is 5.92 Å². The highest BCUT2D eigenvalue weighted by atomic mass is 16.4. The zero-order chi connectivity index (χ0) is 8.27. The van der Waals surface area contributed by atoms with E-state index in [1.807, 2.05) is 0 Å². The van der Waals surface area contributed by atoms with Crippen LogP contribution in [0.3, 0.4) is 0 Å². The maximum Gasteiger partial charge on any atom is 0.307 e. The Balaban J connectivity index is 2.29. The zero-order valence-electron chi connectivity index (χ0n) is 6.62. The van der Waals surface area contributed by atoms with E-state index < -0.39 is 5.97 Å². The fraction of sp³-hybridized carbons (Fsp3) is 0.750. The first kappa shape index (κ1) is 8.53. The molecule has 3 nitrogen and oxygen atoms in total. The maximum atomic E-state index is 10.5. The normalized spacial score (nSPS) is 25.7. The first-order chi connectivity index (χ1) is 5.24. The molecule has 1 aliphatic heterocycles. The van der Waals surface area contributed by atoms with Gasteiger partial charge in [0.25, 0.3) is 0 Å². The summed E-state index contributed by atoms with van der Waals surface area (Å²) in [5, 5.41) is 8.66. The highest BCUT2D eigenvalue weighted by Crippen LogP contribution is 2.15. The number of carboxylic acids is 1. The van der Waals surface area contributed by atoms with Crippen LogP contribution >= 0.6 is 0 Å². The Morgan fingerprint density at radius 2 is 2.45 bits per heavy atom. The van der Waals surface area contributed by atoms with E-state index in [2.05, 4.69) is 11.8 Å².